The molecule has 0 aliphatic carbocycles. The molecule has 0 atom stereocenters. The fraction of sp³-hybridized carbons (Fsp3) is 0.400. The van der Waals surface area contributed by atoms with Crippen molar-refractivity contribution in [2.45, 2.75) is 19.8 Å². The third-order valence-corrected chi connectivity index (χ3v) is 2.47. The van der Waals surface area contributed by atoms with Crippen LogP contribution in [0.25, 0.3) is 0 Å². The molecule has 1 aromatic rings. The van der Waals surface area contributed by atoms with Crippen LogP contribution in [-0.2, 0) is 20.9 Å². The molecule has 1 rings (SSSR count). The van der Waals surface area contributed by atoms with Gasteiger partial charge in [-0.2, -0.15) is 8.42 Å². The summed E-state index contributed by atoms with van der Waals surface area (Å²) in [7, 11) is -3.79. The lowest BCUT2D eigenvalue weighted by Gasteiger charge is -2.02. The molecule has 0 radical (unpaired) electrons. The molecule has 0 bridgehead atoms. The molecule has 0 spiro atoms. The zero-order valence-electron chi connectivity index (χ0n) is 8.64. The maximum atomic E-state index is 10.4. The second kappa shape index (κ2) is 5.25. The minimum atomic E-state index is -3.79. The van der Waals surface area contributed by atoms with Crippen LogP contribution in [0.3, 0.4) is 0 Å². The second-order valence-corrected chi connectivity index (χ2v) is 4.63. The van der Waals surface area contributed by atoms with Gasteiger partial charge in [0.15, 0.2) is 0 Å². The molecule has 1 aromatic carbocycles. The van der Waals surface area contributed by atoms with Gasteiger partial charge in [-0.3, -0.25) is 4.18 Å². The Bertz CT molecular complexity index is 397. The van der Waals surface area contributed by atoms with Crippen LogP contribution >= 0.6 is 0 Å². The van der Waals surface area contributed by atoms with Gasteiger partial charge in [0.2, 0.25) is 0 Å². The van der Waals surface area contributed by atoms with E-state index in [1.165, 1.54) is 11.1 Å². The molecule has 0 heterocycles. The first-order valence-corrected chi connectivity index (χ1v) is 6.17. The highest BCUT2D eigenvalue weighted by Crippen LogP contribution is 2.05. The van der Waals surface area contributed by atoms with E-state index in [0.717, 1.165) is 6.42 Å². The summed E-state index contributed by atoms with van der Waals surface area (Å²) >= 11 is 0. The van der Waals surface area contributed by atoms with Crippen LogP contribution < -0.4 is 5.14 Å². The predicted octanol–water partition coefficient (Wildman–Crippen LogP) is 1.15. The minimum Gasteiger partial charge on any atom is -0.258 e. The Kier molecular flexibility index (Phi) is 4.26. The number of benzene rings is 1. The van der Waals surface area contributed by atoms with Gasteiger partial charge in [0.05, 0.1) is 6.61 Å². The summed E-state index contributed by atoms with van der Waals surface area (Å²) in [4.78, 5) is 0. The van der Waals surface area contributed by atoms with Gasteiger partial charge in [0, 0.05) is 0 Å². The minimum absolute atomic E-state index is 0.132. The molecule has 15 heavy (non-hydrogen) atoms. The van der Waals surface area contributed by atoms with Crippen LogP contribution in [0.2, 0.25) is 0 Å². The highest BCUT2D eigenvalue weighted by molar-refractivity contribution is 7.84. The van der Waals surface area contributed by atoms with E-state index in [0.29, 0.717) is 6.42 Å². The highest BCUT2D eigenvalue weighted by Gasteiger charge is 2.01. The van der Waals surface area contributed by atoms with Gasteiger partial charge in [0.25, 0.3) is 0 Å². The van der Waals surface area contributed by atoms with E-state index < -0.39 is 10.3 Å². The van der Waals surface area contributed by atoms with Crippen molar-refractivity contribution in [2.75, 3.05) is 6.61 Å². The first-order chi connectivity index (χ1) is 6.97. The van der Waals surface area contributed by atoms with Crippen molar-refractivity contribution in [3.63, 3.8) is 0 Å². The Hall–Kier alpha value is -0.910. The monoisotopic (exact) mass is 229 g/mol. The van der Waals surface area contributed by atoms with E-state index in [2.05, 4.69) is 9.32 Å². The number of hydrogen-bond acceptors (Lipinski definition) is 3. The number of hydrogen-bond donors (Lipinski definition) is 1. The van der Waals surface area contributed by atoms with Crippen LogP contribution in [-0.4, -0.2) is 15.0 Å². The summed E-state index contributed by atoms with van der Waals surface area (Å²) in [5, 5.41) is 4.68. The van der Waals surface area contributed by atoms with Gasteiger partial charge < -0.3 is 0 Å². The van der Waals surface area contributed by atoms with Crippen molar-refractivity contribution < 1.29 is 12.6 Å². The number of aryl methyl sites for hydroxylation is 2. The highest BCUT2D eigenvalue weighted by atomic mass is 32.2. The molecule has 2 N–H and O–H groups in total. The maximum Gasteiger partial charge on any atom is 0.333 e. The average Bonchev–Trinajstić information content (AvgIpc) is 2.14. The van der Waals surface area contributed by atoms with E-state index in [9.17, 15) is 8.42 Å². The van der Waals surface area contributed by atoms with Crippen LogP contribution in [0.5, 0.6) is 0 Å². The van der Waals surface area contributed by atoms with Crippen LogP contribution in [0.15, 0.2) is 24.3 Å². The van der Waals surface area contributed by atoms with Crippen molar-refractivity contribution in [3.8, 4) is 0 Å². The predicted molar refractivity (Wildman–Crippen MR) is 58.6 cm³/mol. The molecular formula is C10H15NO3S. The van der Waals surface area contributed by atoms with Crippen LogP contribution in [0, 0.1) is 6.92 Å². The zero-order valence-corrected chi connectivity index (χ0v) is 9.46. The smallest absolute Gasteiger partial charge is 0.258 e. The van der Waals surface area contributed by atoms with Crippen molar-refractivity contribution in [2.24, 2.45) is 5.14 Å². The van der Waals surface area contributed by atoms with Crippen molar-refractivity contribution >= 4 is 10.3 Å². The molecule has 4 nitrogen and oxygen atoms in total. The molecule has 0 aliphatic heterocycles. The molecule has 0 aliphatic rings. The van der Waals surface area contributed by atoms with Crippen molar-refractivity contribution in [1.82, 2.24) is 0 Å². The van der Waals surface area contributed by atoms with Gasteiger partial charge >= 0.3 is 10.3 Å². The third kappa shape index (κ3) is 5.51. The summed E-state index contributed by atoms with van der Waals surface area (Å²) in [5.74, 6) is 0. The topological polar surface area (TPSA) is 69.4 Å². The zero-order chi connectivity index (χ0) is 11.3. The summed E-state index contributed by atoms with van der Waals surface area (Å²) in [6, 6.07) is 8.09. The standard InChI is InChI=1S/C10H15NO3S/c1-9-4-6-10(7-5-9)3-2-8-14-15(11,12)13/h4-7H,2-3,8H2,1H3,(H2,11,12,13). The van der Waals surface area contributed by atoms with E-state index in [1.54, 1.807) is 0 Å². The van der Waals surface area contributed by atoms with Gasteiger partial charge in [0.1, 0.15) is 0 Å². The fourth-order valence-electron chi connectivity index (χ4n) is 1.21. The van der Waals surface area contributed by atoms with Gasteiger partial charge in [-0.15, -0.1) is 0 Å². The Balaban J connectivity index is 2.29. The van der Waals surface area contributed by atoms with Crippen molar-refractivity contribution in [1.29, 1.82) is 0 Å². The quantitative estimate of drug-likeness (QED) is 0.770. The molecule has 0 fully saturated rings. The SMILES string of the molecule is Cc1ccc(CCCOS(N)(=O)=O)cc1. The fourth-order valence-corrected chi connectivity index (χ4v) is 1.56. The Morgan fingerprint density at radius 3 is 2.40 bits per heavy atom. The van der Waals surface area contributed by atoms with Gasteiger partial charge in [-0.25, -0.2) is 5.14 Å². The lowest BCUT2D eigenvalue weighted by Crippen LogP contribution is -2.16. The molecule has 0 aromatic heterocycles. The van der Waals surface area contributed by atoms with Gasteiger partial charge in [-0.1, -0.05) is 29.8 Å². The van der Waals surface area contributed by atoms with E-state index in [-0.39, 0.29) is 6.61 Å². The van der Waals surface area contributed by atoms with Crippen molar-refractivity contribution in [3.05, 3.63) is 35.4 Å². The Labute approximate surface area is 90.3 Å². The largest absolute Gasteiger partial charge is 0.333 e. The summed E-state index contributed by atoms with van der Waals surface area (Å²) in [6.45, 7) is 2.15. The van der Waals surface area contributed by atoms with E-state index in [1.807, 2.05) is 31.2 Å². The number of rotatable bonds is 5. The maximum absolute atomic E-state index is 10.4. The molecule has 0 saturated carbocycles. The second-order valence-electron chi connectivity index (χ2n) is 3.40. The molecule has 0 amide bonds. The Morgan fingerprint density at radius 1 is 1.27 bits per heavy atom. The molecule has 0 unspecified atom stereocenters. The van der Waals surface area contributed by atoms with E-state index >= 15 is 0 Å². The third-order valence-electron chi connectivity index (χ3n) is 1.98. The lowest BCUT2D eigenvalue weighted by molar-refractivity contribution is 0.313. The number of nitrogens with two attached hydrogens (primary N) is 1. The van der Waals surface area contributed by atoms with E-state index in [4.69, 9.17) is 0 Å². The lowest BCUT2D eigenvalue weighted by atomic mass is 10.1. The van der Waals surface area contributed by atoms with Crippen LogP contribution in [0.4, 0.5) is 0 Å². The molecule has 5 heteroatoms. The first-order valence-electron chi connectivity index (χ1n) is 4.70. The Morgan fingerprint density at radius 2 is 1.87 bits per heavy atom. The molecular weight excluding hydrogens is 214 g/mol. The summed E-state index contributed by atoms with van der Waals surface area (Å²) in [5.41, 5.74) is 2.37. The first kappa shape index (κ1) is 12.2. The van der Waals surface area contributed by atoms with Crippen LogP contribution in [0.1, 0.15) is 17.5 Å². The normalized spacial score (nSPS) is 11.6. The van der Waals surface area contributed by atoms with Gasteiger partial charge in [-0.05, 0) is 25.3 Å². The average molecular weight is 229 g/mol. The molecule has 84 valence electrons. The summed E-state index contributed by atoms with van der Waals surface area (Å²) < 4.78 is 25.3. The summed E-state index contributed by atoms with van der Waals surface area (Å²) in [6.07, 6.45) is 1.43. The molecule has 0 saturated heterocycles.